The van der Waals surface area contributed by atoms with Crippen molar-refractivity contribution in [3.63, 3.8) is 0 Å². The van der Waals surface area contributed by atoms with Crippen LogP contribution in [0.4, 0.5) is 8.78 Å². The number of halogens is 2. The van der Waals surface area contributed by atoms with Crippen molar-refractivity contribution in [3.8, 4) is 0 Å². The molecular formula is C8H8F2O2S. The molecule has 0 fully saturated rings. The smallest absolute Gasteiger partial charge is 0.183 e. The first kappa shape index (κ1) is 10.1. The molecule has 5 heteroatoms. The maximum atomic E-state index is 12.9. The van der Waals surface area contributed by atoms with Crippen LogP contribution in [0, 0.1) is 5.82 Å². The van der Waals surface area contributed by atoms with Crippen molar-refractivity contribution < 1.29 is 17.2 Å². The summed E-state index contributed by atoms with van der Waals surface area (Å²) in [5, 5.41) is 0. The quantitative estimate of drug-likeness (QED) is 0.752. The summed E-state index contributed by atoms with van der Waals surface area (Å²) in [6, 6.07) is 4.93. The Morgan fingerprint density at radius 3 is 2.38 bits per heavy atom. The maximum Gasteiger partial charge on any atom is 0.183 e. The summed E-state index contributed by atoms with van der Waals surface area (Å²) in [6.07, 6.45) is 0. The van der Waals surface area contributed by atoms with Gasteiger partial charge in [0.05, 0.1) is 5.75 Å². The number of alkyl halides is 1. The molecule has 0 atom stereocenters. The lowest BCUT2D eigenvalue weighted by atomic mass is 10.3. The monoisotopic (exact) mass is 206 g/mol. The highest BCUT2D eigenvalue weighted by Crippen LogP contribution is 2.14. The van der Waals surface area contributed by atoms with Crippen LogP contribution >= 0.6 is 0 Å². The fraction of sp³-hybridized carbons (Fsp3) is 0.250. The zero-order chi connectivity index (χ0) is 9.90. The van der Waals surface area contributed by atoms with Crippen LogP contribution in [-0.2, 0) is 9.84 Å². The van der Waals surface area contributed by atoms with E-state index < -0.39 is 33.0 Å². The van der Waals surface area contributed by atoms with Gasteiger partial charge in [-0.3, -0.25) is 0 Å². The molecule has 0 saturated heterocycles. The van der Waals surface area contributed by atoms with Crippen LogP contribution in [0.5, 0.6) is 0 Å². The third-order valence-electron chi connectivity index (χ3n) is 1.52. The van der Waals surface area contributed by atoms with E-state index >= 15 is 0 Å². The van der Waals surface area contributed by atoms with Gasteiger partial charge in [0, 0.05) is 0 Å². The van der Waals surface area contributed by atoms with Crippen LogP contribution in [-0.4, -0.2) is 20.8 Å². The molecule has 1 aromatic carbocycles. The molecule has 0 saturated carbocycles. The van der Waals surface area contributed by atoms with E-state index in [1.54, 1.807) is 0 Å². The SMILES string of the molecule is O=S(=O)(CCF)c1ccccc1F. The highest BCUT2D eigenvalue weighted by molar-refractivity contribution is 7.91. The predicted molar refractivity (Wildman–Crippen MR) is 44.4 cm³/mol. The highest BCUT2D eigenvalue weighted by atomic mass is 32.2. The van der Waals surface area contributed by atoms with Crippen molar-refractivity contribution in [2.75, 3.05) is 12.4 Å². The lowest BCUT2D eigenvalue weighted by Crippen LogP contribution is -2.09. The van der Waals surface area contributed by atoms with Gasteiger partial charge < -0.3 is 0 Å². The second-order valence-corrected chi connectivity index (χ2v) is 4.52. The van der Waals surface area contributed by atoms with Gasteiger partial charge in [-0.1, -0.05) is 12.1 Å². The minimum Gasteiger partial charge on any atom is -0.250 e. The zero-order valence-electron chi connectivity index (χ0n) is 6.70. The van der Waals surface area contributed by atoms with Crippen molar-refractivity contribution in [1.29, 1.82) is 0 Å². The molecule has 72 valence electrons. The largest absolute Gasteiger partial charge is 0.250 e. The Morgan fingerprint density at radius 2 is 1.85 bits per heavy atom. The van der Waals surface area contributed by atoms with E-state index in [4.69, 9.17) is 0 Å². The van der Waals surface area contributed by atoms with E-state index in [1.807, 2.05) is 0 Å². The summed E-state index contributed by atoms with van der Waals surface area (Å²) in [4.78, 5) is -0.437. The Bertz CT molecular complexity index is 387. The van der Waals surface area contributed by atoms with E-state index in [9.17, 15) is 17.2 Å². The van der Waals surface area contributed by atoms with Gasteiger partial charge in [-0.25, -0.2) is 17.2 Å². The molecule has 0 aliphatic rings. The predicted octanol–water partition coefficient (Wildman–Crippen LogP) is 1.57. The molecule has 0 aliphatic carbocycles. The summed E-state index contributed by atoms with van der Waals surface area (Å²) in [5.74, 6) is -1.51. The first-order valence-corrected chi connectivity index (χ1v) is 5.26. The summed E-state index contributed by atoms with van der Waals surface area (Å²) in [6.45, 7) is -1.00. The topological polar surface area (TPSA) is 34.1 Å². The van der Waals surface area contributed by atoms with Crippen LogP contribution in [0.1, 0.15) is 0 Å². The van der Waals surface area contributed by atoms with E-state index in [-0.39, 0.29) is 0 Å². The van der Waals surface area contributed by atoms with E-state index in [1.165, 1.54) is 12.1 Å². The van der Waals surface area contributed by atoms with Crippen molar-refractivity contribution >= 4 is 9.84 Å². The molecule has 0 spiro atoms. The third kappa shape index (κ3) is 2.24. The van der Waals surface area contributed by atoms with E-state index in [2.05, 4.69) is 0 Å². The fourth-order valence-electron chi connectivity index (χ4n) is 0.908. The first-order chi connectivity index (χ1) is 6.08. The standard InChI is InChI=1S/C8H8F2O2S/c9-5-6-13(11,12)8-4-2-1-3-7(8)10/h1-4H,5-6H2. The molecule has 0 bridgehead atoms. The van der Waals surface area contributed by atoms with Gasteiger partial charge in [0.1, 0.15) is 17.4 Å². The molecule has 2 nitrogen and oxygen atoms in total. The summed E-state index contributed by atoms with van der Waals surface area (Å²) < 4.78 is 47.1. The van der Waals surface area contributed by atoms with Gasteiger partial charge in [-0.05, 0) is 12.1 Å². The maximum absolute atomic E-state index is 12.9. The summed E-state index contributed by atoms with van der Waals surface area (Å²) in [5.41, 5.74) is 0. The minimum absolute atomic E-state index is 0.437. The fourth-order valence-corrected chi connectivity index (χ4v) is 1.98. The number of rotatable bonds is 3. The van der Waals surface area contributed by atoms with Crippen LogP contribution in [0.15, 0.2) is 29.2 Å². The van der Waals surface area contributed by atoms with Crippen LogP contribution < -0.4 is 0 Å². The lowest BCUT2D eigenvalue weighted by Gasteiger charge is -2.01. The molecule has 1 rings (SSSR count). The van der Waals surface area contributed by atoms with Gasteiger partial charge in [0.2, 0.25) is 0 Å². The molecule has 13 heavy (non-hydrogen) atoms. The first-order valence-electron chi connectivity index (χ1n) is 3.61. The van der Waals surface area contributed by atoms with Crippen molar-refractivity contribution in [2.24, 2.45) is 0 Å². The van der Waals surface area contributed by atoms with E-state index in [0.717, 1.165) is 12.1 Å². The van der Waals surface area contributed by atoms with Gasteiger partial charge >= 0.3 is 0 Å². The number of hydrogen-bond acceptors (Lipinski definition) is 2. The van der Waals surface area contributed by atoms with Gasteiger partial charge in [0.15, 0.2) is 9.84 Å². The molecule has 0 unspecified atom stereocenters. The van der Waals surface area contributed by atoms with Crippen LogP contribution in [0.2, 0.25) is 0 Å². The average Bonchev–Trinajstić information content (AvgIpc) is 2.04. The molecule has 0 heterocycles. The Kier molecular flexibility index (Phi) is 2.98. The van der Waals surface area contributed by atoms with Crippen LogP contribution in [0.3, 0.4) is 0 Å². The lowest BCUT2D eigenvalue weighted by molar-refractivity contribution is 0.513. The molecule has 0 radical (unpaired) electrons. The van der Waals surface area contributed by atoms with Crippen LogP contribution in [0.25, 0.3) is 0 Å². The Morgan fingerprint density at radius 1 is 1.23 bits per heavy atom. The second kappa shape index (κ2) is 3.83. The van der Waals surface area contributed by atoms with Crippen molar-refractivity contribution in [1.82, 2.24) is 0 Å². The number of hydrogen-bond donors (Lipinski definition) is 0. The van der Waals surface area contributed by atoms with Gasteiger partial charge in [-0.15, -0.1) is 0 Å². The summed E-state index contributed by atoms with van der Waals surface area (Å²) >= 11 is 0. The van der Waals surface area contributed by atoms with Crippen molar-refractivity contribution in [3.05, 3.63) is 30.1 Å². The Labute approximate surface area is 75.1 Å². The molecule has 0 N–H and O–H groups in total. The minimum atomic E-state index is -3.79. The molecular weight excluding hydrogens is 198 g/mol. The molecule has 0 aromatic heterocycles. The normalized spacial score (nSPS) is 11.5. The molecule has 1 aromatic rings. The highest BCUT2D eigenvalue weighted by Gasteiger charge is 2.17. The van der Waals surface area contributed by atoms with Gasteiger partial charge in [0.25, 0.3) is 0 Å². The van der Waals surface area contributed by atoms with Gasteiger partial charge in [-0.2, -0.15) is 0 Å². The second-order valence-electron chi connectivity index (χ2n) is 2.44. The number of benzene rings is 1. The third-order valence-corrected chi connectivity index (χ3v) is 3.21. The Hall–Kier alpha value is -0.970. The number of sulfone groups is 1. The Balaban J connectivity index is 3.15. The molecule has 0 aliphatic heterocycles. The van der Waals surface area contributed by atoms with E-state index in [0.29, 0.717) is 0 Å². The van der Waals surface area contributed by atoms with Crippen molar-refractivity contribution in [2.45, 2.75) is 4.90 Å². The average molecular weight is 206 g/mol. The zero-order valence-corrected chi connectivity index (χ0v) is 7.52. The molecule has 0 amide bonds. The summed E-state index contributed by atoms with van der Waals surface area (Å²) in [7, 11) is -3.79.